The number of carbonyl (C=O) groups is 1. The molecule has 2 unspecified atom stereocenters. The first kappa shape index (κ1) is 21.4. The van der Waals surface area contributed by atoms with Gasteiger partial charge in [0.05, 0.1) is 34.5 Å². The SMILES string of the molecule is CC(C(=O)Nc1ccc(N2CCOCC2)cc1)N1CCCC(c2nc3ccccc3s2)C1. The fraction of sp³-hybridized carbons (Fsp3) is 0.440. The molecule has 2 aliphatic rings. The number of rotatable bonds is 5. The number of likely N-dealkylation sites (tertiary alicyclic amines) is 1. The van der Waals surface area contributed by atoms with Crippen molar-refractivity contribution in [1.29, 1.82) is 0 Å². The van der Waals surface area contributed by atoms with Crippen LogP contribution in [-0.2, 0) is 9.53 Å². The minimum absolute atomic E-state index is 0.0501. The number of morpholine rings is 1. The number of carbonyl (C=O) groups excluding carboxylic acids is 1. The lowest BCUT2D eigenvalue weighted by Crippen LogP contribution is -2.46. The van der Waals surface area contributed by atoms with Crippen molar-refractivity contribution in [1.82, 2.24) is 9.88 Å². The standard InChI is InChI=1S/C25H30N4O2S/c1-18(24(30)26-20-8-10-21(11-9-20)28-13-15-31-16-14-28)29-12-4-5-19(17-29)25-27-22-6-2-3-7-23(22)32-25/h2-3,6-11,18-19H,4-5,12-17H2,1H3,(H,26,30). The Morgan fingerprint density at radius 1 is 1.12 bits per heavy atom. The van der Waals surface area contributed by atoms with Crippen LogP contribution in [0.25, 0.3) is 10.2 Å². The quantitative estimate of drug-likeness (QED) is 0.627. The van der Waals surface area contributed by atoms with E-state index in [4.69, 9.17) is 9.72 Å². The van der Waals surface area contributed by atoms with Gasteiger partial charge in [0.2, 0.25) is 5.91 Å². The van der Waals surface area contributed by atoms with Crippen LogP contribution in [0.3, 0.4) is 0 Å². The van der Waals surface area contributed by atoms with Crippen LogP contribution in [0.5, 0.6) is 0 Å². The molecule has 2 atom stereocenters. The summed E-state index contributed by atoms with van der Waals surface area (Å²) >= 11 is 1.79. The predicted molar refractivity (Wildman–Crippen MR) is 131 cm³/mol. The molecular weight excluding hydrogens is 420 g/mol. The van der Waals surface area contributed by atoms with Crippen LogP contribution >= 0.6 is 11.3 Å². The fourth-order valence-electron chi connectivity index (χ4n) is 4.61. The minimum Gasteiger partial charge on any atom is -0.378 e. The Kier molecular flexibility index (Phi) is 6.39. The van der Waals surface area contributed by atoms with Crippen molar-refractivity contribution in [2.45, 2.75) is 31.7 Å². The topological polar surface area (TPSA) is 57.7 Å². The number of nitrogens with zero attached hydrogens (tertiary/aromatic N) is 3. The number of anilines is 2. The molecule has 0 bridgehead atoms. The zero-order valence-corrected chi connectivity index (χ0v) is 19.3. The highest BCUT2D eigenvalue weighted by molar-refractivity contribution is 7.18. The number of benzene rings is 2. The average Bonchev–Trinajstić information content (AvgIpc) is 3.29. The molecule has 2 aromatic carbocycles. The number of ether oxygens (including phenoxy) is 1. The maximum atomic E-state index is 13.0. The summed E-state index contributed by atoms with van der Waals surface area (Å²) in [5.41, 5.74) is 3.10. The Morgan fingerprint density at radius 2 is 1.91 bits per heavy atom. The average molecular weight is 451 g/mol. The van der Waals surface area contributed by atoms with Gasteiger partial charge in [-0.25, -0.2) is 4.98 Å². The van der Waals surface area contributed by atoms with Gasteiger partial charge >= 0.3 is 0 Å². The van der Waals surface area contributed by atoms with E-state index in [1.54, 1.807) is 11.3 Å². The van der Waals surface area contributed by atoms with E-state index in [-0.39, 0.29) is 11.9 Å². The van der Waals surface area contributed by atoms with E-state index in [1.807, 2.05) is 25.1 Å². The molecule has 2 fully saturated rings. The normalized spacial score (nSPS) is 20.9. The second kappa shape index (κ2) is 9.57. The fourth-order valence-corrected chi connectivity index (χ4v) is 5.71. The van der Waals surface area contributed by atoms with Crippen molar-refractivity contribution in [2.24, 2.45) is 0 Å². The lowest BCUT2D eigenvalue weighted by molar-refractivity contribution is -0.121. The molecule has 7 heteroatoms. The molecule has 0 aliphatic carbocycles. The Balaban J connectivity index is 1.20. The van der Waals surface area contributed by atoms with E-state index in [9.17, 15) is 4.79 Å². The number of thiazole rings is 1. The van der Waals surface area contributed by atoms with Crippen LogP contribution in [0.15, 0.2) is 48.5 Å². The van der Waals surface area contributed by atoms with Gasteiger partial charge in [0.1, 0.15) is 0 Å². The largest absolute Gasteiger partial charge is 0.378 e. The summed E-state index contributed by atoms with van der Waals surface area (Å²) in [6, 6.07) is 16.3. The van der Waals surface area contributed by atoms with Gasteiger partial charge in [-0.1, -0.05) is 12.1 Å². The van der Waals surface area contributed by atoms with Crippen molar-refractivity contribution < 1.29 is 9.53 Å². The zero-order chi connectivity index (χ0) is 21.9. The molecule has 3 heterocycles. The minimum atomic E-state index is -0.175. The molecule has 32 heavy (non-hydrogen) atoms. The molecule has 1 N–H and O–H groups in total. The molecule has 1 aromatic heterocycles. The molecular formula is C25H30N4O2S. The number of amides is 1. The first-order valence-corrected chi connectivity index (χ1v) is 12.3. The van der Waals surface area contributed by atoms with Crippen LogP contribution in [0.2, 0.25) is 0 Å². The summed E-state index contributed by atoms with van der Waals surface area (Å²) in [4.78, 5) is 22.5. The molecule has 6 nitrogen and oxygen atoms in total. The van der Waals surface area contributed by atoms with Crippen molar-refractivity contribution in [3.63, 3.8) is 0 Å². The van der Waals surface area contributed by atoms with Gasteiger partial charge in [-0.3, -0.25) is 9.69 Å². The summed E-state index contributed by atoms with van der Waals surface area (Å²) in [6.45, 7) is 7.20. The molecule has 5 rings (SSSR count). The summed E-state index contributed by atoms with van der Waals surface area (Å²) < 4.78 is 6.67. The maximum Gasteiger partial charge on any atom is 0.241 e. The monoisotopic (exact) mass is 450 g/mol. The second-order valence-corrected chi connectivity index (χ2v) is 9.73. The summed E-state index contributed by atoms with van der Waals surface area (Å²) in [5.74, 6) is 0.443. The van der Waals surface area contributed by atoms with Gasteiger partial charge in [0.15, 0.2) is 0 Å². The lowest BCUT2D eigenvalue weighted by Gasteiger charge is -2.35. The van der Waals surface area contributed by atoms with E-state index in [1.165, 1.54) is 15.4 Å². The smallest absolute Gasteiger partial charge is 0.241 e. The van der Waals surface area contributed by atoms with Crippen LogP contribution < -0.4 is 10.2 Å². The van der Waals surface area contributed by atoms with Gasteiger partial charge in [0.25, 0.3) is 0 Å². The van der Waals surface area contributed by atoms with E-state index in [2.05, 4.69) is 45.4 Å². The third-order valence-electron chi connectivity index (χ3n) is 6.55. The predicted octanol–water partition coefficient (Wildman–Crippen LogP) is 4.34. The van der Waals surface area contributed by atoms with Crippen LogP contribution in [0.4, 0.5) is 11.4 Å². The van der Waals surface area contributed by atoms with Gasteiger partial charge in [-0.2, -0.15) is 0 Å². The molecule has 0 spiro atoms. The molecule has 0 radical (unpaired) electrons. The Bertz CT molecular complexity index is 1030. The van der Waals surface area contributed by atoms with E-state index in [0.717, 1.165) is 63.4 Å². The van der Waals surface area contributed by atoms with Crippen molar-refractivity contribution in [3.8, 4) is 0 Å². The Morgan fingerprint density at radius 3 is 2.69 bits per heavy atom. The van der Waals surface area contributed by atoms with Crippen molar-refractivity contribution >= 4 is 38.8 Å². The third kappa shape index (κ3) is 4.65. The number of hydrogen-bond acceptors (Lipinski definition) is 6. The lowest BCUT2D eigenvalue weighted by atomic mass is 9.97. The summed E-state index contributed by atoms with van der Waals surface area (Å²) in [5, 5.41) is 4.30. The molecule has 1 amide bonds. The molecule has 0 saturated carbocycles. The highest BCUT2D eigenvalue weighted by atomic mass is 32.1. The number of piperidine rings is 1. The van der Waals surface area contributed by atoms with E-state index >= 15 is 0 Å². The molecule has 3 aromatic rings. The molecule has 2 saturated heterocycles. The number of nitrogens with one attached hydrogen (secondary N) is 1. The highest BCUT2D eigenvalue weighted by Gasteiger charge is 2.29. The number of para-hydroxylation sites is 1. The first-order chi connectivity index (χ1) is 15.7. The number of aromatic nitrogens is 1. The van der Waals surface area contributed by atoms with Gasteiger partial charge in [-0.05, 0) is 62.7 Å². The van der Waals surface area contributed by atoms with E-state index < -0.39 is 0 Å². The van der Waals surface area contributed by atoms with Gasteiger partial charge < -0.3 is 15.0 Å². The maximum absolute atomic E-state index is 13.0. The molecule has 2 aliphatic heterocycles. The zero-order valence-electron chi connectivity index (χ0n) is 18.5. The van der Waals surface area contributed by atoms with E-state index in [0.29, 0.717) is 5.92 Å². The Labute approximate surface area is 193 Å². The Hall–Kier alpha value is -2.48. The number of fused-ring (bicyclic) bond motifs is 1. The van der Waals surface area contributed by atoms with Crippen molar-refractivity contribution in [2.75, 3.05) is 49.6 Å². The van der Waals surface area contributed by atoms with Gasteiger partial charge in [-0.15, -0.1) is 11.3 Å². The number of hydrogen-bond donors (Lipinski definition) is 1. The van der Waals surface area contributed by atoms with Gasteiger partial charge in [0, 0.05) is 36.9 Å². The summed E-state index contributed by atoms with van der Waals surface area (Å²) in [7, 11) is 0. The van der Waals surface area contributed by atoms with Crippen LogP contribution in [-0.4, -0.2) is 61.2 Å². The first-order valence-electron chi connectivity index (χ1n) is 11.5. The van der Waals surface area contributed by atoms with Crippen molar-refractivity contribution in [3.05, 3.63) is 53.5 Å². The molecule has 168 valence electrons. The third-order valence-corrected chi connectivity index (χ3v) is 7.75. The summed E-state index contributed by atoms with van der Waals surface area (Å²) in [6.07, 6.45) is 2.22. The highest BCUT2D eigenvalue weighted by Crippen LogP contribution is 2.33. The van der Waals surface area contributed by atoms with Crippen LogP contribution in [0, 0.1) is 0 Å². The second-order valence-electron chi connectivity index (χ2n) is 8.67. The van der Waals surface area contributed by atoms with Crippen LogP contribution in [0.1, 0.15) is 30.7 Å².